The third-order valence-corrected chi connectivity index (χ3v) is 3.51. The zero-order valence-electron chi connectivity index (χ0n) is 11.2. The van der Waals surface area contributed by atoms with E-state index < -0.39 is 11.1 Å². The molecule has 16 heavy (non-hydrogen) atoms. The molecule has 0 bridgehead atoms. The molecule has 0 aromatic heterocycles. The lowest BCUT2D eigenvalue weighted by Crippen LogP contribution is -2.54. The molecule has 1 aliphatic rings. The standard InChI is InChI=1S/C13H25NO2/c1-9-6-7-13(14,8-10(9)2)11(15)16-12(3,4)5/h9-10H,6-8,14H2,1-5H3/t9-,10+,13+/m1/s1. The lowest BCUT2D eigenvalue weighted by molar-refractivity contribution is -0.164. The van der Waals surface area contributed by atoms with E-state index in [0.29, 0.717) is 11.8 Å². The molecule has 0 aromatic carbocycles. The number of carbonyl (C=O) groups excluding carboxylic acids is 1. The highest BCUT2D eigenvalue weighted by Crippen LogP contribution is 2.36. The highest BCUT2D eigenvalue weighted by Gasteiger charge is 2.42. The predicted octanol–water partition coefficient (Wildman–Crippen LogP) is 2.48. The molecule has 0 aliphatic heterocycles. The lowest BCUT2D eigenvalue weighted by Gasteiger charge is -2.39. The van der Waals surface area contributed by atoms with Gasteiger partial charge in [0.25, 0.3) is 0 Å². The fourth-order valence-corrected chi connectivity index (χ4v) is 2.21. The topological polar surface area (TPSA) is 52.3 Å². The van der Waals surface area contributed by atoms with Crippen molar-refractivity contribution in [3.8, 4) is 0 Å². The smallest absolute Gasteiger partial charge is 0.326 e. The van der Waals surface area contributed by atoms with Crippen LogP contribution in [0.1, 0.15) is 53.9 Å². The Hall–Kier alpha value is -0.570. The molecule has 1 saturated carbocycles. The average Bonchev–Trinajstić information content (AvgIpc) is 2.09. The molecule has 0 spiro atoms. The van der Waals surface area contributed by atoms with Crippen LogP contribution in [-0.4, -0.2) is 17.1 Å². The number of rotatable bonds is 1. The van der Waals surface area contributed by atoms with Gasteiger partial charge in [-0.05, 0) is 51.9 Å². The van der Waals surface area contributed by atoms with E-state index in [4.69, 9.17) is 10.5 Å². The molecule has 3 heteroatoms. The predicted molar refractivity (Wildman–Crippen MR) is 64.9 cm³/mol. The monoisotopic (exact) mass is 227 g/mol. The van der Waals surface area contributed by atoms with E-state index in [-0.39, 0.29) is 5.97 Å². The van der Waals surface area contributed by atoms with Gasteiger partial charge in [0.2, 0.25) is 0 Å². The molecule has 0 amide bonds. The lowest BCUT2D eigenvalue weighted by atomic mass is 9.72. The molecular formula is C13H25NO2. The van der Waals surface area contributed by atoms with Gasteiger partial charge in [-0.3, -0.25) is 4.79 Å². The zero-order chi connectivity index (χ0) is 12.6. The van der Waals surface area contributed by atoms with Crippen molar-refractivity contribution < 1.29 is 9.53 Å². The first-order valence-electron chi connectivity index (χ1n) is 6.16. The number of hydrogen-bond donors (Lipinski definition) is 1. The molecule has 2 N–H and O–H groups in total. The number of ether oxygens (including phenoxy) is 1. The second-order valence-electron chi connectivity index (χ2n) is 6.36. The van der Waals surface area contributed by atoms with E-state index in [2.05, 4.69) is 13.8 Å². The summed E-state index contributed by atoms with van der Waals surface area (Å²) in [5, 5.41) is 0. The number of nitrogens with two attached hydrogens (primary N) is 1. The Morgan fingerprint density at radius 2 is 1.88 bits per heavy atom. The Labute approximate surface area is 98.7 Å². The summed E-state index contributed by atoms with van der Waals surface area (Å²) in [6.07, 6.45) is 2.49. The fraction of sp³-hybridized carbons (Fsp3) is 0.923. The largest absolute Gasteiger partial charge is 0.459 e. The Balaban J connectivity index is 2.68. The van der Waals surface area contributed by atoms with Crippen LogP contribution in [0.5, 0.6) is 0 Å². The van der Waals surface area contributed by atoms with Crippen LogP contribution in [0.25, 0.3) is 0 Å². The van der Waals surface area contributed by atoms with Gasteiger partial charge in [0.1, 0.15) is 11.1 Å². The van der Waals surface area contributed by atoms with E-state index in [9.17, 15) is 4.79 Å². The van der Waals surface area contributed by atoms with Crippen molar-refractivity contribution in [3.05, 3.63) is 0 Å². The van der Waals surface area contributed by atoms with Gasteiger partial charge in [0.15, 0.2) is 0 Å². The maximum absolute atomic E-state index is 12.0. The van der Waals surface area contributed by atoms with Crippen molar-refractivity contribution >= 4 is 5.97 Å². The van der Waals surface area contributed by atoms with Gasteiger partial charge in [0.05, 0.1) is 0 Å². The van der Waals surface area contributed by atoms with Crippen LogP contribution < -0.4 is 5.73 Å². The zero-order valence-corrected chi connectivity index (χ0v) is 11.2. The second kappa shape index (κ2) is 4.36. The highest BCUT2D eigenvalue weighted by atomic mass is 16.6. The van der Waals surface area contributed by atoms with Crippen LogP contribution >= 0.6 is 0 Å². The molecule has 1 rings (SSSR count). The van der Waals surface area contributed by atoms with Gasteiger partial charge in [-0.1, -0.05) is 13.8 Å². The van der Waals surface area contributed by atoms with Crippen LogP contribution in [0.2, 0.25) is 0 Å². The van der Waals surface area contributed by atoms with E-state index in [1.807, 2.05) is 20.8 Å². The summed E-state index contributed by atoms with van der Waals surface area (Å²) in [7, 11) is 0. The minimum atomic E-state index is -0.765. The van der Waals surface area contributed by atoms with Crippen LogP contribution in [-0.2, 0) is 9.53 Å². The Kier molecular flexibility index (Phi) is 3.68. The van der Waals surface area contributed by atoms with E-state index in [1.165, 1.54) is 0 Å². The quantitative estimate of drug-likeness (QED) is 0.700. The SMILES string of the molecule is C[C@@H]1CC[C@@](N)(C(=O)OC(C)(C)C)C[C@@H]1C. The average molecular weight is 227 g/mol. The molecule has 0 aromatic rings. The summed E-state index contributed by atoms with van der Waals surface area (Å²) in [5.41, 5.74) is 4.97. The van der Waals surface area contributed by atoms with Crippen molar-refractivity contribution in [3.63, 3.8) is 0 Å². The summed E-state index contributed by atoms with van der Waals surface area (Å²) in [5.74, 6) is 0.907. The first kappa shape index (κ1) is 13.5. The third-order valence-electron chi connectivity index (χ3n) is 3.51. The molecule has 3 nitrogen and oxygen atoms in total. The van der Waals surface area contributed by atoms with Crippen molar-refractivity contribution in [2.75, 3.05) is 0 Å². The molecule has 3 atom stereocenters. The summed E-state index contributed by atoms with van der Waals surface area (Å²) in [6.45, 7) is 10.0. The van der Waals surface area contributed by atoms with Gasteiger partial charge in [-0.2, -0.15) is 0 Å². The molecule has 0 radical (unpaired) electrons. The fourth-order valence-electron chi connectivity index (χ4n) is 2.21. The van der Waals surface area contributed by atoms with Gasteiger partial charge in [0, 0.05) is 0 Å². The molecule has 1 aliphatic carbocycles. The Morgan fingerprint density at radius 3 is 2.31 bits per heavy atom. The number of esters is 1. The summed E-state index contributed by atoms with van der Waals surface area (Å²) in [6, 6.07) is 0. The van der Waals surface area contributed by atoms with Crippen LogP contribution in [0.3, 0.4) is 0 Å². The molecule has 0 unspecified atom stereocenters. The van der Waals surface area contributed by atoms with Crippen molar-refractivity contribution in [1.82, 2.24) is 0 Å². The summed E-state index contributed by atoms with van der Waals surface area (Å²) >= 11 is 0. The molecule has 0 heterocycles. The van der Waals surface area contributed by atoms with Crippen molar-refractivity contribution in [2.24, 2.45) is 17.6 Å². The minimum absolute atomic E-state index is 0.237. The second-order valence-corrected chi connectivity index (χ2v) is 6.36. The van der Waals surface area contributed by atoms with Crippen molar-refractivity contribution in [1.29, 1.82) is 0 Å². The first-order valence-corrected chi connectivity index (χ1v) is 6.16. The van der Waals surface area contributed by atoms with Gasteiger partial charge >= 0.3 is 5.97 Å². The van der Waals surface area contributed by atoms with E-state index >= 15 is 0 Å². The summed E-state index contributed by atoms with van der Waals surface area (Å²) in [4.78, 5) is 12.0. The van der Waals surface area contributed by atoms with E-state index in [1.54, 1.807) is 0 Å². The number of hydrogen-bond acceptors (Lipinski definition) is 3. The molecule has 0 saturated heterocycles. The summed E-state index contributed by atoms with van der Waals surface area (Å²) < 4.78 is 5.40. The van der Waals surface area contributed by atoms with Gasteiger partial charge in [-0.25, -0.2) is 0 Å². The Bertz CT molecular complexity index is 270. The third kappa shape index (κ3) is 3.21. The van der Waals surface area contributed by atoms with Gasteiger partial charge < -0.3 is 10.5 Å². The van der Waals surface area contributed by atoms with Gasteiger partial charge in [-0.15, -0.1) is 0 Å². The van der Waals surface area contributed by atoms with Crippen molar-refractivity contribution in [2.45, 2.75) is 65.0 Å². The molecule has 94 valence electrons. The number of carbonyl (C=O) groups is 1. The first-order chi connectivity index (χ1) is 7.14. The van der Waals surface area contributed by atoms with Crippen LogP contribution in [0, 0.1) is 11.8 Å². The Morgan fingerprint density at radius 1 is 1.31 bits per heavy atom. The minimum Gasteiger partial charge on any atom is -0.459 e. The normalized spacial score (nSPS) is 35.9. The van der Waals surface area contributed by atoms with Crippen LogP contribution in [0.4, 0.5) is 0 Å². The maximum atomic E-state index is 12.0. The molecular weight excluding hydrogens is 202 g/mol. The maximum Gasteiger partial charge on any atom is 0.326 e. The van der Waals surface area contributed by atoms with Crippen LogP contribution in [0.15, 0.2) is 0 Å². The molecule has 1 fully saturated rings. The van der Waals surface area contributed by atoms with E-state index in [0.717, 1.165) is 19.3 Å². The highest BCUT2D eigenvalue weighted by molar-refractivity contribution is 5.81.